The van der Waals surface area contributed by atoms with Gasteiger partial charge in [-0.25, -0.2) is 0 Å². The van der Waals surface area contributed by atoms with Crippen LogP contribution in [-0.4, -0.2) is 5.91 Å². The SMILES string of the molecule is O=C1Nc2ccc(Br)cc2/C1=C/c1ccccc1Cl. The van der Waals surface area contributed by atoms with Gasteiger partial charge in [-0.1, -0.05) is 45.7 Å². The minimum atomic E-state index is -0.104. The topological polar surface area (TPSA) is 29.1 Å². The Labute approximate surface area is 124 Å². The maximum atomic E-state index is 12.0. The first-order valence-electron chi connectivity index (χ1n) is 5.72. The van der Waals surface area contributed by atoms with Crippen molar-refractivity contribution in [2.45, 2.75) is 0 Å². The van der Waals surface area contributed by atoms with Gasteiger partial charge in [-0.15, -0.1) is 0 Å². The fraction of sp³-hybridized carbons (Fsp3) is 0. The summed E-state index contributed by atoms with van der Waals surface area (Å²) < 4.78 is 0.938. The molecule has 1 amide bonds. The number of halogens is 2. The van der Waals surface area contributed by atoms with Crippen molar-refractivity contribution in [3.8, 4) is 0 Å². The van der Waals surface area contributed by atoms with Crippen molar-refractivity contribution in [1.82, 2.24) is 0 Å². The maximum Gasteiger partial charge on any atom is 0.256 e. The van der Waals surface area contributed by atoms with Crippen molar-refractivity contribution in [3.05, 3.63) is 63.1 Å². The molecule has 0 saturated heterocycles. The highest BCUT2D eigenvalue weighted by atomic mass is 79.9. The van der Waals surface area contributed by atoms with E-state index in [0.717, 1.165) is 21.3 Å². The van der Waals surface area contributed by atoms with Crippen LogP contribution >= 0.6 is 27.5 Å². The summed E-state index contributed by atoms with van der Waals surface area (Å²) in [7, 11) is 0. The van der Waals surface area contributed by atoms with Crippen molar-refractivity contribution in [3.63, 3.8) is 0 Å². The third-order valence-corrected chi connectivity index (χ3v) is 3.81. The molecule has 19 heavy (non-hydrogen) atoms. The number of hydrogen-bond donors (Lipinski definition) is 1. The molecular weight excluding hydrogens is 326 g/mol. The van der Waals surface area contributed by atoms with Crippen molar-refractivity contribution < 1.29 is 4.79 Å². The molecule has 1 heterocycles. The van der Waals surface area contributed by atoms with E-state index in [1.807, 2.05) is 48.5 Å². The summed E-state index contributed by atoms with van der Waals surface area (Å²) in [6.45, 7) is 0. The van der Waals surface area contributed by atoms with Gasteiger partial charge in [0.2, 0.25) is 0 Å². The Morgan fingerprint density at radius 1 is 1.16 bits per heavy atom. The van der Waals surface area contributed by atoms with Gasteiger partial charge in [0.25, 0.3) is 5.91 Å². The molecule has 0 bridgehead atoms. The predicted octanol–water partition coefficient (Wildman–Crippen LogP) is 4.60. The lowest BCUT2D eigenvalue weighted by atomic mass is 10.0. The average Bonchev–Trinajstić information content (AvgIpc) is 2.69. The largest absolute Gasteiger partial charge is 0.321 e. The Kier molecular flexibility index (Phi) is 3.17. The molecule has 1 aliphatic heterocycles. The highest BCUT2D eigenvalue weighted by Crippen LogP contribution is 2.35. The third-order valence-electron chi connectivity index (χ3n) is 2.97. The van der Waals surface area contributed by atoms with Gasteiger partial charge < -0.3 is 5.32 Å². The second-order valence-electron chi connectivity index (χ2n) is 4.22. The number of rotatable bonds is 1. The zero-order valence-electron chi connectivity index (χ0n) is 9.78. The minimum Gasteiger partial charge on any atom is -0.321 e. The lowest BCUT2D eigenvalue weighted by Gasteiger charge is -2.01. The van der Waals surface area contributed by atoms with Crippen LogP contribution in [0.15, 0.2) is 46.9 Å². The predicted molar refractivity (Wildman–Crippen MR) is 82.1 cm³/mol. The molecular formula is C15H9BrClNO. The second-order valence-corrected chi connectivity index (χ2v) is 5.55. The smallest absolute Gasteiger partial charge is 0.256 e. The summed E-state index contributed by atoms with van der Waals surface area (Å²) in [4.78, 5) is 12.0. The number of benzene rings is 2. The zero-order valence-corrected chi connectivity index (χ0v) is 12.1. The number of amides is 1. The molecule has 0 aliphatic carbocycles. The molecule has 2 aromatic carbocycles. The van der Waals surface area contributed by atoms with Crippen molar-refractivity contribution in [1.29, 1.82) is 0 Å². The van der Waals surface area contributed by atoms with Crippen molar-refractivity contribution in [2.75, 3.05) is 5.32 Å². The van der Waals surface area contributed by atoms with E-state index in [0.29, 0.717) is 10.6 Å². The number of hydrogen-bond acceptors (Lipinski definition) is 1. The number of anilines is 1. The quantitative estimate of drug-likeness (QED) is 0.759. The first-order chi connectivity index (χ1) is 9.15. The molecule has 1 aliphatic rings. The van der Waals surface area contributed by atoms with Gasteiger partial charge in [0.05, 0.1) is 0 Å². The highest BCUT2D eigenvalue weighted by Gasteiger charge is 2.24. The van der Waals surface area contributed by atoms with Gasteiger partial charge in [0, 0.05) is 26.3 Å². The van der Waals surface area contributed by atoms with Crippen LogP contribution in [-0.2, 0) is 4.79 Å². The van der Waals surface area contributed by atoms with Gasteiger partial charge in [0.1, 0.15) is 0 Å². The summed E-state index contributed by atoms with van der Waals surface area (Å²) in [5.74, 6) is -0.104. The fourth-order valence-corrected chi connectivity index (χ4v) is 2.60. The first kappa shape index (κ1) is 12.5. The van der Waals surface area contributed by atoms with Gasteiger partial charge in [0.15, 0.2) is 0 Å². The molecule has 0 fully saturated rings. The second kappa shape index (κ2) is 4.83. The fourth-order valence-electron chi connectivity index (χ4n) is 2.05. The summed E-state index contributed by atoms with van der Waals surface area (Å²) in [6.07, 6.45) is 1.82. The Morgan fingerprint density at radius 3 is 2.74 bits per heavy atom. The number of fused-ring (bicyclic) bond motifs is 1. The van der Waals surface area contributed by atoms with Gasteiger partial charge in [-0.2, -0.15) is 0 Å². The molecule has 3 rings (SSSR count). The van der Waals surface area contributed by atoms with Gasteiger partial charge in [-0.05, 0) is 35.9 Å². The van der Waals surface area contributed by atoms with E-state index >= 15 is 0 Å². The van der Waals surface area contributed by atoms with E-state index < -0.39 is 0 Å². The summed E-state index contributed by atoms with van der Waals surface area (Å²) in [5, 5.41) is 3.47. The molecule has 0 saturated carbocycles. The summed E-state index contributed by atoms with van der Waals surface area (Å²) in [5.41, 5.74) is 3.18. The van der Waals surface area contributed by atoms with Crippen LogP contribution in [0.5, 0.6) is 0 Å². The molecule has 2 nitrogen and oxygen atoms in total. The summed E-state index contributed by atoms with van der Waals surface area (Å²) >= 11 is 9.54. The van der Waals surface area contributed by atoms with Crippen LogP contribution in [0.4, 0.5) is 5.69 Å². The summed E-state index contributed by atoms with van der Waals surface area (Å²) in [6, 6.07) is 13.2. The van der Waals surface area contributed by atoms with E-state index in [4.69, 9.17) is 11.6 Å². The molecule has 0 spiro atoms. The van der Waals surface area contributed by atoms with E-state index in [9.17, 15) is 4.79 Å². The maximum absolute atomic E-state index is 12.0. The monoisotopic (exact) mass is 333 g/mol. The van der Waals surface area contributed by atoms with Crippen LogP contribution < -0.4 is 5.32 Å². The van der Waals surface area contributed by atoms with E-state index in [2.05, 4.69) is 21.2 Å². The Bertz CT molecular complexity index is 709. The van der Waals surface area contributed by atoms with E-state index in [-0.39, 0.29) is 5.91 Å². The third kappa shape index (κ3) is 2.31. The molecule has 94 valence electrons. The van der Waals surface area contributed by atoms with Crippen LogP contribution in [0.2, 0.25) is 5.02 Å². The van der Waals surface area contributed by atoms with Gasteiger partial charge in [-0.3, -0.25) is 4.79 Å². The number of nitrogens with one attached hydrogen (secondary N) is 1. The van der Waals surface area contributed by atoms with Crippen LogP contribution in [0, 0.1) is 0 Å². The van der Waals surface area contributed by atoms with Crippen LogP contribution in [0.25, 0.3) is 11.6 Å². The van der Waals surface area contributed by atoms with Crippen LogP contribution in [0.3, 0.4) is 0 Å². The standard InChI is InChI=1S/C15H9BrClNO/c16-10-5-6-14-11(8-10)12(15(19)18-14)7-9-3-1-2-4-13(9)17/h1-8H,(H,18,19)/b12-7-. The molecule has 1 N–H and O–H groups in total. The average molecular weight is 335 g/mol. The normalized spacial score (nSPS) is 15.5. The van der Waals surface area contributed by atoms with E-state index in [1.54, 1.807) is 0 Å². The lowest BCUT2D eigenvalue weighted by molar-refractivity contribution is -0.110. The van der Waals surface area contributed by atoms with E-state index in [1.165, 1.54) is 0 Å². The van der Waals surface area contributed by atoms with Gasteiger partial charge >= 0.3 is 0 Å². The molecule has 0 atom stereocenters. The van der Waals surface area contributed by atoms with Crippen LogP contribution in [0.1, 0.15) is 11.1 Å². The number of carbonyl (C=O) groups is 1. The molecule has 0 aromatic heterocycles. The molecule has 0 unspecified atom stereocenters. The van der Waals surface area contributed by atoms with Crippen molar-refractivity contribution in [2.24, 2.45) is 0 Å². The Hall–Kier alpha value is -1.58. The molecule has 0 radical (unpaired) electrons. The van der Waals surface area contributed by atoms with Crippen molar-refractivity contribution >= 4 is 50.8 Å². The number of carbonyl (C=O) groups excluding carboxylic acids is 1. The zero-order chi connectivity index (χ0) is 13.4. The molecule has 4 heteroatoms. The Balaban J connectivity index is 2.14. The first-order valence-corrected chi connectivity index (χ1v) is 6.90. The minimum absolute atomic E-state index is 0.104. The lowest BCUT2D eigenvalue weighted by Crippen LogP contribution is -2.03. The Morgan fingerprint density at radius 2 is 1.95 bits per heavy atom. The highest BCUT2D eigenvalue weighted by molar-refractivity contribution is 9.10. The molecule has 2 aromatic rings.